The van der Waals surface area contributed by atoms with E-state index in [0.717, 1.165) is 25.7 Å². The van der Waals surface area contributed by atoms with Gasteiger partial charge in [-0.2, -0.15) is 0 Å². The largest absolute Gasteiger partial charge is 0.476 e. The van der Waals surface area contributed by atoms with Crippen molar-refractivity contribution in [1.29, 1.82) is 0 Å². The molecule has 0 unspecified atom stereocenters. The summed E-state index contributed by atoms with van der Waals surface area (Å²) < 4.78 is 5.56. The van der Waals surface area contributed by atoms with Gasteiger partial charge in [-0.25, -0.2) is 0 Å². The molecular weight excluding hydrogens is 204 g/mol. The Morgan fingerprint density at radius 3 is 2.38 bits per heavy atom. The second kappa shape index (κ2) is 4.01. The van der Waals surface area contributed by atoms with E-state index in [4.69, 9.17) is 16.2 Å². The van der Waals surface area contributed by atoms with Crippen molar-refractivity contribution in [3.8, 4) is 0 Å². The SMILES string of the molecule is C/C(N)=C/C=C(\N)OC1CC2(CC(O)C2)C1. The van der Waals surface area contributed by atoms with Crippen molar-refractivity contribution >= 4 is 0 Å². The number of hydrogen-bond acceptors (Lipinski definition) is 4. The van der Waals surface area contributed by atoms with Gasteiger partial charge in [0, 0.05) is 5.70 Å². The number of nitrogens with two attached hydrogens (primary N) is 2. The van der Waals surface area contributed by atoms with E-state index in [1.54, 1.807) is 19.1 Å². The zero-order valence-electron chi connectivity index (χ0n) is 9.65. The smallest absolute Gasteiger partial charge is 0.184 e. The molecule has 2 fully saturated rings. The molecule has 0 aliphatic heterocycles. The summed E-state index contributed by atoms with van der Waals surface area (Å²) in [5, 5.41) is 9.26. The van der Waals surface area contributed by atoms with Crippen molar-refractivity contribution in [2.75, 3.05) is 0 Å². The Hall–Kier alpha value is -1.16. The van der Waals surface area contributed by atoms with Crippen LogP contribution in [-0.4, -0.2) is 17.3 Å². The normalized spacial score (nSPS) is 39.1. The van der Waals surface area contributed by atoms with E-state index in [9.17, 15) is 5.11 Å². The van der Waals surface area contributed by atoms with E-state index in [1.807, 2.05) is 0 Å². The van der Waals surface area contributed by atoms with Crippen LogP contribution in [0.3, 0.4) is 0 Å². The highest BCUT2D eigenvalue weighted by Crippen LogP contribution is 2.56. The van der Waals surface area contributed by atoms with Crippen LogP contribution >= 0.6 is 0 Å². The minimum atomic E-state index is -0.0864. The highest BCUT2D eigenvalue weighted by atomic mass is 16.5. The van der Waals surface area contributed by atoms with Crippen LogP contribution in [0.4, 0.5) is 0 Å². The Labute approximate surface area is 96.0 Å². The number of aliphatic hydroxyl groups is 1. The number of rotatable bonds is 3. The summed E-state index contributed by atoms with van der Waals surface area (Å²) >= 11 is 0. The molecule has 1 spiro atoms. The van der Waals surface area contributed by atoms with Crippen LogP contribution in [0.25, 0.3) is 0 Å². The zero-order chi connectivity index (χ0) is 11.8. The maximum atomic E-state index is 9.26. The Morgan fingerprint density at radius 2 is 1.88 bits per heavy atom. The molecule has 2 aliphatic rings. The Morgan fingerprint density at radius 1 is 1.25 bits per heavy atom. The molecule has 0 heterocycles. The topological polar surface area (TPSA) is 81.5 Å². The molecule has 4 nitrogen and oxygen atoms in total. The zero-order valence-corrected chi connectivity index (χ0v) is 9.65. The molecule has 4 heteroatoms. The average molecular weight is 224 g/mol. The Kier molecular flexibility index (Phi) is 2.84. The minimum absolute atomic E-state index is 0.0864. The molecule has 0 bridgehead atoms. The predicted octanol–water partition coefficient (Wildman–Crippen LogP) is 0.969. The lowest BCUT2D eigenvalue weighted by molar-refractivity contribution is -0.147. The van der Waals surface area contributed by atoms with Gasteiger partial charge < -0.3 is 21.3 Å². The van der Waals surface area contributed by atoms with Gasteiger partial charge in [-0.15, -0.1) is 0 Å². The van der Waals surface area contributed by atoms with Crippen molar-refractivity contribution < 1.29 is 9.84 Å². The summed E-state index contributed by atoms with van der Waals surface area (Å²) in [4.78, 5) is 0. The summed E-state index contributed by atoms with van der Waals surface area (Å²) in [5.74, 6) is 0.421. The number of hydrogen-bond donors (Lipinski definition) is 3. The fourth-order valence-electron chi connectivity index (χ4n) is 2.71. The fraction of sp³-hybridized carbons (Fsp3) is 0.667. The number of ether oxygens (including phenoxy) is 1. The van der Waals surface area contributed by atoms with E-state index in [1.165, 1.54) is 0 Å². The van der Waals surface area contributed by atoms with Crippen LogP contribution in [-0.2, 0) is 4.74 Å². The van der Waals surface area contributed by atoms with Crippen LogP contribution < -0.4 is 11.5 Å². The van der Waals surface area contributed by atoms with Crippen LogP contribution in [0, 0.1) is 5.41 Å². The maximum absolute atomic E-state index is 9.26. The quantitative estimate of drug-likeness (QED) is 0.493. The van der Waals surface area contributed by atoms with Crippen molar-refractivity contribution in [3.05, 3.63) is 23.7 Å². The van der Waals surface area contributed by atoms with E-state index in [2.05, 4.69) is 0 Å². The number of allylic oxidation sites excluding steroid dienone is 3. The molecule has 0 atom stereocenters. The van der Waals surface area contributed by atoms with Gasteiger partial charge in [0.25, 0.3) is 0 Å². The molecule has 2 rings (SSSR count). The van der Waals surface area contributed by atoms with E-state index in [0.29, 0.717) is 17.0 Å². The maximum Gasteiger partial charge on any atom is 0.184 e. The molecule has 0 saturated heterocycles. The van der Waals surface area contributed by atoms with Gasteiger partial charge in [0.15, 0.2) is 5.88 Å². The molecule has 90 valence electrons. The predicted molar refractivity (Wildman–Crippen MR) is 62.0 cm³/mol. The van der Waals surface area contributed by atoms with Gasteiger partial charge >= 0.3 is 0 Å². The standard InChI is InChI=1S/C12H20N2O2/c1-8(13)2-3-11(14)16-10-6-12(7-10)4-9(15)5-12/h2-3,9-10,15H,4-7,13-14H2,1H3/b8-2-,11-3+. The van der Waals surface area contributed by atoms with Crippen LogP contribution in [0.1, 0.15) is 32.6 Å². The van der Waals surface area contributed by atoms with E-state index < -0.39 is 0 Å². The third kappa shape index (κ3) is 2.32. The van der Waals surface area contributed by atoms with Crippen molar-refractivity contribution in [2.45, 2.75) is 44.8 Å². The first-order chi connectivity index (χ1) is 7.49. The first kappa shape index (κ1) is 11.3. The molecule has 0 radical (unpaired) electrons. The molecule has 2 aliphatic carbocycles. The Bertz CT molecular complexity index is 318. The van der Waals surface area contributed by atoms with Crippen LogP contribution in [0.2, 0.25) is 0 Å². The third-order valence-corrected chi connectivity index (χ3v) is 3.47. The first-order valence-corrected chi connectivity index (χ1v) is 5.73. The molecule has 0 aromatic carbocycles. The third-order valence-electron chi connectivity index (χ3n) is 3.47. The molecule has 16 heavy (non-hydrogen) atoms. The fourth-order valence-corrected chi connectivity index (χ4v) is 2.71. The second-order valence-corrected chi connectivity index (χ2v) is 5.19. The minimum Gasteiger partial charge on any atom is -0.476 e. The average Bonchev–Trinajstić information content (AvgIpc) is 2.09. The van der Waals surface area contributed by atoms with E-state index in [-0.39, 0.29) is 12.2 Å². The number of aliphatic hydroxyl groups excluding tert-OH is 1. The second-order valence-electron chi connectivity index (χ2n) is 5.19. The summed E-state index contributed by atoms with van der Waals surface area (Å²) in [7, 11) is 0. The molecule has 0 aromatic rings. The van der Waals surface area contributed by atoms with Crippen molar-refractivity contribution in [3.63, 3.8) is 0 Å². The lowest BCUT2D eigenvalue weighted by Crippen LogP contribution is -2.53. The highest BCUT2D eigenvalue weighted by Gasteiger charge is 2.53. The monoisotopic (exact) mass is 224 g/mol. The molecule has 2 saturated carbocycles. The van der Waals surface area contributed by atoms with Gasteiger partial charge in [-0.3, -0.25) is 0 Å². The van der Waals surface area contributed by atoms with Crippen LogP contribution in [0.15, 0.2) is 23.7 Å². The van der Waals surface area contributed by atoms with Gasteiger partial charge in [0.2, 0.25) is 0 Å². The van der Waals surface area contributed by atoms with Gasteiger partial charge in [-0.1, -0.05) is 0 Å². The molecular formula is C12H20N2O2. The van der Waals surface area contributed by atoms with Crippen LogP contribution in [0.5, 0.6) is 0 Å². The molecule has 5 N–H and O–H groups in total. The Balaban J connectivity index is 1.73. The summed E-state index contributed by atoms with van der Waals surface area (Å²) in [6.07, 6.45) is 7.45. The summed E-state index contributed by atoms with van der Waals surface area (Å²) in [5.41, 5.74) is 12.3. The lowest BCUT2D eigenvalue weighted by atomic mass is 9.53. The lowest BCUT2D eigenvalue weighted by Gasteiger charge is -2.55. The summed E-state index contributed by atoms with van der Waals surface area (Å²) in [6.45, 7) is 1.80. The molecule has 0 amide bonds. The van der Waals surface area contributed by atoms with Crippen molar-refractivity contribution in [1.82, 2.24) is 0 Å². The summed E-state index contributed by atoms with van der Waals surface area (Å²) in [6, 6.07) is 0. The first-order valence-electron chi connectivity index (χ1n) is 5.73. The van der Waals surface area contributed by atoms with Crippen molar-refractivity contribution in [2.24, 2.45) is 16.9 Å². The van der Waals surface area contributed by atoms with Gasteiger partial charge in [-0.05, 0) is 50.2 Å². The van der Waals surface area contributed by atoms with E-state index >= 15 is 0 Å². The molecule has 0 aromatic heterocycles. The van der Waals surface area contributed by atoms with Gasteiger partial charge in [0.1, 0.15) is 6.10 Å². The van der Waals surface area contributed by atoms with Gasteiger partial charge in [0.05, 0.1) is 6.10 Å². The highest BCUT2D eigenvalue weighted by molar-refractivity contribution is 5.11.